The van der Waals surface area contributed by atoms with Crippen molar-refractivity contribution in [3.63, 3.8) is 0 Å². The van der Waals surface area contributed by atoms with Crippen molar-refractivity contribution in [2.45, 2.75) is 40.2 Å². The Morgan fingerprint density at radius 2 is 1.72 bits per heavy atom. The summed E-state index contributed by atoms with van der Waals surface area (Å²) in [4.78, 5) is 0. The summed E-state index contributed by atoms with van der Waals surface area (Å²) in [5.74, 6) is 0.327. The van der Waals surface area contributed by atoms with Crippen molar-refractivity contribution in [1.29, 1.82) is 0 Å². The zero-order chi connectivity index (χ0) is 14.3. The number of hydrogen-bond acceptors (Lipinski definition) is 3. The van der Waals surface area contributed by atoms with Crippen molar-refractivity contribution in [1.82, 2.24) is 13.9 Å². The topological polar surface area (TPSA) is 52.7 Å². The average Bonchev–Trinajstić information content (AvgIpc) is 2.25. The smallest absolute Gasteiger partial charge is 0.281 e. The van der Waals surface area contributed by atoms with Gasteiger partial charge in [0.2, 0.25) is 0 Å². The first kappa shape index (κ1) is 17.8. The van der Waals surface area contributed by atoms with Crippen molar-refractivity contribution in [3.05, 3.63) is 0 Å². The Labute approximate surface area is 113 Å². The Morgan fingerprint density at radius 3 is 2.11 bits per heavy atom. The van der Waals surface area contributed by atoms with Crippen LogP contribution in [0.1, 0.15) is 34.1 Å². The molecule has 0 aliphatic rings. The molecule has 5 nitrogen and oxygen atoms in total. The molecule has 0 spiro atoms. The molecule has 0 radical (unpaired) electrons. The van der Waals surface area contributed by atoms with E-state index >= 15 is 0 Å². The maximum Gasteiger partial charge on any atom is 0.281 e. The molecule has 0 bridgehead atoms. The summed E-state index contributed by atoms with van der Waals surface area (Å²) in [7, 11) is 0.185. The summed E-state index contributed by atoms with van der Waals surface area (Å²) in [5.41, 5.74) is 0. The predicted octanol–water partition coefficient (Wildman–Crippen LogP) is 1.14. The lowest BCUT2D eigenvalue weighted by atomic mass is 10.2. The summed E-state index contributed by atoms with van der Waals surface area (Å²) in [6, 6.07) is -0.0100. The molecular weight excluding hydrogens is 250 g/mol. The molecule has 6 heteroatoms. The van der Waals surface area contributed by atoms with Crippen molar-refractivity contribution in [2.24, 2.45) is 5.92 Å². The van der Waals surface area contributed by atoms with E-state index in [4.69, 9.17) is 0 Å². The lowest BCUT2D eigenvalue weighted by Gasteiger charge is -2.31. The summed E-state index contributed by atoms with van der Waals surface area (Å²) in [6.45, 7) is 9.84. The second kappa shape index (κ2) is 8.09. The molecule has 0 aromatic rings. The maximum absolute atomic E-state index is 12.4. The Morgan fingerprint density at radius 1 is 1.17 bits per heavy atom. The fourth-order valence-electron chi connectivity index (χ4n) is 1.70. The van der Waals surface area contributed by atoms with Crippen LogP contribution in [0.25, 0.3) is 0 Å². The fraction of sp³-hybridized carbons (Fsp3) is 1.00. The van der Waals surface area contributed by atoms with Crippen molar-refractivity contribution >= 4 is 10.2 Å². The monoisotopic (exact) mass is 279 g/mol. The first-order valence-corrected chi connectivity index (χ1v) is 8.00. The van der Waals surface area contributed by atoms with Gasteiger partial charge in [0.1, 0.15) is 0 Å². The highest BCUT2D eigenvalue weighted by Crippen LogP contribution is 2.14. The van der Waals surface area contributed by atoms with E-state index in [9.17, 15) is 8.42 Å². The Kier molecular flexibility index (Phi) is 8.02. The molecule has 0 unspecified atom stereocenters. The van der Waals surface area contributed by atoms with Gasteiger partial charge >= 0.3 is 0 Å². The van der Waals surface area contributed by atoms with Gasteiger partial charge in [0.15, 0.2) is 0 Å². The number of rotatable bonds is 9. The maximum atomic E-state index is 12.4. The minimum Gasteiger partial charge on any atom is -0.320 e. The van der Waals surface area contributed by atoms with Gasteiger partial charge in [-0.05, 0) is 39.8 Å². The standard InChI is InChI=1S/C12H29N3O2S/c1-11(2)10-15(12(3)4)18(16,17)14(6)9-7-8-13-5/h11-13H,7-10H2,1-6H3. The van der Waals surface area contributed by atoms with Gasteiger partial charge < -0.3 is 5.32 Å². The molecule has 0 rings (SSSR count). The summed E-state index contributed by atoms with van der Waals surface area (Å²) in [6.07, 6.45) is 0.819. The van der Waals surface area contributed by atoms with Gasteiger partial charge in [0, 0.05) is 26.2 Å². The van der Waals surface area contributed by atoms with Crippen molar-refractivity contribution in [3.8, 4) is 0 Å². The van der Waals surface area contributed by atoms with Crippen LogP contribution in [0.3, 0.4) is 0 Å². The highest BCUT2D eigenvalue weighted by molar-refractivity contribution is 7.86. The van der Waals surface area contributed by atoms with E-state index in [-0.39, 0.29) is 6.04 Å². The molecule has 0 saturated heterocycles. The van der Waals surface area contributed by atoms with Gasteiger partial charge in [-0.25, -0.2) is 0 Å². The van der Waals surface area contributed by atoms with E-state index < -0.39 is 10.2 Å². The van der Waals surface area contributed by atoms with Crippen LogP contribution in [-0.2, 0) is 10.2 Å². The molecular formula is C12H29N3O2S. The van der Waals surface area contributed by atoms with E-state index in [1.165, 1.54) is 4.31 Å². The van der Waals surface area contributed by atoms with E-state index in [1.807, 2.05) is 34.7 Å². The van der Waals surface area contributed by atoms with Crippen LogP contribution in [0.5, 0.6) is 0 Å². The second-order valence-corrected chi connectivity index (χ2v) is 7.33. The highest BCUT2D eigenvalue weighted by Gasteiger charge is 2.29. The SMILES string of the molecule is CNCCCN(C)S(=O)(=O)N(CC(C)C)C(C)C. The molecule has 0 aliphatic carbocycles. The van der Waals surface area contributed by atoms with Crippen LogP contribution < -0.4 is 5.32 Å². The predicted molar refractivity (Wildman–Crippen MR) is 76.8 cm³/mol. The lowest BCUT2D eigenvalue weighted by molar-refractivity contribution is 0.291. The minimum absolute atomic E-state index is 0.0100. The van der Waals surface area contributed by atoms with E-state index in [1.54, 1.807) is 11.4 Å². The van der Waals surface area contributed by atoms with Gasteiger partial charge in [-0.3, -0.25) is 0 Å². The molecule has 1 N–H and O–H groups in total. The molecule has 110 valence electrons. The third-order valence-corrected chi connectivity index (χ3v) is 4.84. The second-order valence-electron chi connectivity index (χ2n) is 5.34. The summed E-state index contributed by atoms with van der Waals surface area (Å²) >= 11 is 0. The quantitative estimate of drug-likeness (QED) is 0.644. The number of hydrogen-bond donors (Lipinski definition) is 1. The van der Waals surface area contributed by atoms with Gasteiger partial charge in [-0.15, -0.1) is 0 Å². The minimum atomic E-state index is -3.34. The third kappa shape index (κ3) is 5.65. The molecule has 18 heavy (non-hydrogen) atoms. The molecule has 0 saturated carbocycles. The van der Waals surface area contributed by atoms with Gasteiger partial charge in [-0.2, -0.15) is 17.0 Å². The van der Waals surface area contributed by atoms with Gasteiger partial charge in [0.05, 0.1) is 0 Å². The Hall–Kier alpha value is -0.170. The van der Waals surface area contributed by atoms with Crippen LogP contribution in [0, 0.1) is 5.92 Å². The molecule has 0 atom stereocenters. The van der Waals surface area contributed by atoms with Crippen LogP contribution in [-0.4, -0.2) is 56.8 Å². The molecule has 0 amide bonds. The van der Waals surface area contributed by atoms with Crippen LogP contribution in [0.4, 0.5) is 0 Å². The number of nitrogens with zero attached hydrogens (tertiary/aromatic N) is 2. The third-order valence-electron chi connectivity index (χ3n) is 2.71. The Bertz CT molecular complexity index is 315. The normalized spacial score (nSPS) is 13.2. The largest absolute Gasteiger partial charge is 0.320 e. The first-order chi connectivity index (χ1) is 8.23. The fourth-order valence-corrected chi connectivity index (χ4v) is 3.44. The zero-order valence-corrected chi connectivity index (χ0v) is 13.4. The molecule has 0 heterocycles. The van der Waals surface area contributed by atoms with Gasteiger partial charge in [0.25, 0.3) is 10.2 Å². The first-order valence-electron chi connectivity index (χ1n) is 6.61. The molecule has 0 aromatic heterocycles. The molecule has 0 aliphatic heterocycles. The highest BCUT2D eigenvalue weighted by atomic mass is 32.2. The van der Waals surface area contributed by atoms with E-state index in [0.29, 0.717) is 19.0 Å². The summed E-state index contributed by atoms with van der Waals surface area (Å²) < 4.78 is 27.9. The van der Waals surface area contributed by atoms with E-state index in [2.05, 4.69) is 5.32 Å². The van der Waals surface area contributed by atoms with Crippen molar-refractivity contribution < 1.29 is 8.42 Å². The van der Waals surface area contributed by atoms with Crippen LogP contribution >= 0.6 is 0 Å². The summed E-state index contributed by atoms with van der Waals surface area (Å²) in [5, 5.41) is 3.02. The lowest BCUT2D eigenvalue weighted by Crippen LogP contribution is -2.47. The number of nitrogens with one attached hydrogen (secondary N) is 1. The molecule has 0 aromatic carbocycles. The van der Waals surface area contributed by atoms with Gasteiger partial charge in [-0.1, -0.05) is 13.8 Å². The van der Waals surface area contributed by atoms with Crippen LogP contribution in [0.15, 0.2) is 0 Å². The van der Waals surface area contributed by atoms with Crippen molar-refractivity contribution in [2.75, 3.05) is 33.7 Å². The Balaban J connectivity index is 4.72. The van der Waals surface area contributed by atoms with Crippen LogP contribution in [0.2, 0.25) is 0 Å². The zero-order valence-electron chi connectivity index (χ0n) is 12.6. The van der Waals surface area contributed by atoms with E-state index in [0.717, 1.165) is 13.0 Å². The average molecular weight is 279 g/mol. The molecule has 0 fully saturated rings.